The maximum atomic E-state index is 12.6. The SMILES string of the molecule is COC(=O)C1(c2ncc(-c3ccc(NC(=O)Nc4ccccc4OC)cc3)o2)CCCCC1. The molecule has 33 heavy (non-hydrogen) atoms. The van der Waals surface area contributed by atoms with E-state index in [1.54, 1.807) is 37.6 Å². The van der Waals surface area contributed by atoms with Crippen molar-refractivity contribution in [3.8, 4) is 17.1 Å². The summed E-state index contributed by atoms with van der Waals surface area (Å²) in [6.45, 7) is 0. The lowest BCUT2D eigenvalue weighted by molar-refractivity contribution is -0.150. The van der Waals surface area contributed by atoms with Crippen LogP contribution in [0.4, 0.5) is 16.2 Å². The van der Waals surface area contributed by atoms with Gasteiger partial charge in [-0.05, 0) is 49.2 Å². The Labute approximate surface area is 192 Å². The largest absolute Gasteiger partial charge is 0.495 e. The second-order valence-corrected chi connectivity index (χ2v) is 8.02. The van der Waals surface area contributed by atoms with Crippen LogP contribution in [0, 0.1) is 0 Å². The van der Waals surface area contributed by atoms with Gasteiger partial charge in [0.05, 0.1) is 26.1 Å². The van der Waals surface area contributed by atoms with E-state index in [-0.39, 0.29) is 12.0 Å². The van der Waals surface area contributed by atoms with E-state index in [0.29, 0.717) is 41.6 Å². The fourth-order valence-electron chi connectivity index (χ4n) is 4.24. The van der Waals surface area contributed by atoms with Crippen LogP contribution >= 0.6 is 0 Å². The molecule has 1 aromatic heterocycles. The number of methoxy groups -OCH3 is 2. The Morgan fingerprint density at radius 2 is 1.70 bits per heavy atom. The topological polar surface area (TPSA) is 103 Å². The number of para-hydroxylation sites is 2. The Morgan fingerprint density at radius 1 is 0.970 bits per heavy atom. The van der Waals surface area contributed by atoms with E-state index >= 15 is 0 Å². The summed E-state index contributed by atoms with van der Waals surface area (Å²) >= 11 is 0. The number of urea groups is 1. The summed E-state index contributed by atoms with van der Waals surface area (Å²) in [4.78, 5) is 29.4. The number of rotatable bonds is 6. The molecule has 0 spiro atoms. The number of nitrogens with one attached hydrogen (secondary N) is 2. The van der Waals surface area contributed by atoms with Crippen molar-refractivity contribution in [2.75, 3.05) is 24.9 Å². The summed E-state index contributed by atoms with van der Waals surface area (Å²) < 4.78 is 16.4. The van der Waals surface area contributed by atoms with Gasteiger partial charge >= 0.3 is 12.0 Å². The highest BCUT2D eigenvalue weighted by molar-refractivity contribution is 6.00. The van der Waals surface area contributed by atoms with Crippen LogP contribution in [0.1, 0.15) is 38.0 Å². The molecular formula is C25H27N3O5. The number of nitrogens with zero attached hydrogens (tertiary/aromatic N) is 1. The first kappa shape index (κ1) is 22.4. The van der Waals surface area contributed by atoms with Crippen molar-refractivity contribution in [2.24, 2.45) is 0 Å². The molecule has 1 aliphatic rings. The van der Waals surface area contributed by atoms with E-state index in [9.17, 15) is 9.59 Å². The van der Waals surface area contributed by atoms with Crippen LogP contribution in [-0.4, -0.2) is 31.2 Å². The molecule has 1 aliphatic carbocycles. The average Bonchev–Trinajstić information content (AvgIpc) is 3.35. The maximum absolute atomic E-state index is 12.6. The highest BCUT2D eigenvalue weighted by Gasteiger charge is 2.46. The standard InChI is InChI=1S/C25H27N3O5/c1-31-20-9-5-4-8-19(20)28-24(30)27-18-12-10-17(11-13-18)21-16-26-22(33-21)25(23(29)32-2)14-6-3-7-15-25/h4-5,8-13,16H,3,6-7,14-15H2,1-2H3,(H2,27,28,30). The summed E-state index contributed by atoms with van der Waals surface area (Å²) in [5, 5.41) is 5.56. The number of esters is 1. The molecule has 2 amide bonds. The third kappa shape index (κ3) is 4.69. The Kier molecular flexibility index (Phi) is 6.63. The minimum Gasteiger partial charge on any atom is -0.495 e. The highest BCUT2D eigenvalue weighted by Crippen LogP contribution is 2.41. The summed E-state index contributed by atoms with van der Waals surface area (Å²) in [7, 11) is 2.95. The summed E-state index contributed by atoms with van der Waals surface area (Å²) in [5.74, 6) is 1.24. The predicted octanol–water partition coefficient (Wildman–Crippen LogP) is 5.37. The van der Waals surface area contributed by atoms with E-state index in [0.717, 1.165) is 24.8 Å². The Bertz CT molecular complexity index is 1120. The summed E-state index contributed by atoms with van der Waals surface area (Å²) in [5.41, 5.74) is 1.17. The molecule has 2 N–H and O–H groups in total. The van der Waals surface area contributed by atoms with Gasteiger partial charge in [-0.1, -0.05) is 31.4 Å². The van der Waals surface area contributed by atoms with Crippen molar-refractivity contribution in [3.63, 3.8) is 0 Å². The molecule has 0 radical (unpaired) electrons. The van der Waals surface area contributed by atoms with Crippen LogP contribution in [0.15, 0.2) is 59.1 Å². The Hall–Kier alpha value is -3.81. The molecule has 8 heteroatoms. The van der Waals surface area contributed by atoms with Crippen molar-refractivity contribution in [1.82, 2.24) is 4.98 Å². The van der Waals surface area contributed by atoms with Crippen LogP contribution in [0.5, 0.6) is 5.75 Å². The average molecular weight is 450 g/mol. The van der Waals surface area contributed by atoms with E-state index in [1.807, 2.05) is 24.3 Å². The third-order valence-corrected chi connectivity index (χ3v) is 5.98. The second-order valence-electron chi connectivity index (χ2n) is 8.02. The molecule has 1 fully saturated rings. The van der Waals surface area contributed by atoms with Gasteiger partial charge in [0.15, 0.2) is 5.76 Å². The monoisotopic (exact) mass is 449 g/mol. The molecule has 0 aliphatic heterocycles. The molecule has 0 unspecified atom stereocenters. The number of ether oxygens (including phenoxy) is 2. The number of aromatic nitrogens is 1. The Balaban J connectivity index is 1.46. The van der Waals surface area contributed by atoms with Crippen molar-refractivity contribution in [1.29, 1.82) is 0 Å². The third-order valence-electron chi connectivity index (χ3n) is 5.98. The molecule has 2 aromatic carbocycles. The van der Waals surface area contributed by atoms with Crippen LogP contribution in [0.3, 0.4) is 0 Å². The lowest BCUT2D eigenvalue weighted by Gasteiger charge is -2.31. The number of benzene rings is 2. The van der Waals surface area contributed by atoms with Gasteiger partial charge in [0, 0.05) is 11.3 Å². The quantitative estimate of drug-likeness (QED) is 0.491. The lowest BCUT2D eigenvalue weighted by Crippen LogP contribution is -2.39. The molecule has 0 atom stereocenters. The fraction of sp³-hybridized carbons (Fsp3) is 0.320. The number of carbonyl (C=O) groups is 2. The summed E-state index contributed by atoms with van der Waals surface area (Å²) in [6.07, 6.45) is 5.93. The van der Waals surface area contributed by atoms with E-state index in [1.165, 1.54) is 7.11 Å². The van der Waals surface area contributed by atoms with Crippen LogP contribution in [0.25, 0.3) is 11.3 Å². The van der Waals surface area contributed by atoms with Crippen molar-refractivity contribution < 1.29 is 23.5 Å². The first-order valence-electron chi connectivity index (χ1n) is 10.9. The zero-order chi connectivity index (χ0) is 23.3. The van der Waals surface area contributed by atoms with E-state index < -0.39 is 5.41 Å². The molecule has 1 heterocycles. The first-order chi connectivity index (χ1) is 16.1. The second kappa shape index (κ2) is 9.77. The number of hydrogen-bond donors (Lipinski definition) is 2. The zero-order valence-corrected chi connectivity index (χ0v) is 18.7. The minimum atomic E-state index is -0.816. The maximum Gasteiger partial charge on any atom is 0.323 e. The molecule has 4 rings (SSSR count). The van der Waals surface area contributed by atoms with Crippen molar-refractivity contribution >= 4 is 23.4 Å². The molecule has 0 saturated heterocycles. The van der Waals surface area contributed by atoms with Crippen LogP contribution < -0.4 is 15.4 Å². The van der Waals surface area contributed by atoms with E-state index in [4.69, 9.17) is 13.9 Å². The predicted molar refractivity (Wildman–Crippen MR) is 124 cm³/mol. The Morgan fingerprint density at radius 3 is 2.39 bits per heavy atom. The van der Waals surface area contributed by atoms with Gasteiger partial charge in [-0.2, -0.15) is 0 Å². The van der Waals surface area contributed by atoms with Crippen molar-refractivity contribution in [3.05, 3.63) is 60.6 Å². The smallest absolute Gasteiger partial charge is 0.323 e. The molecule has 8 nitrogen and oxygen atoms in total. The number of carbonyl (C=O) groups excluding carboxylic acids is 2. The van der Waals surface area contributed by atoms with Gasteiger partial charge in [-0.25, -0.2) is 9.78 Å². The molecular weight excluding hydrogens is 422 g/mol. The normalized spacial score (nSPS) is 14.8. The number of amides is 2. The molecule has 0 bridgehead atoms. The van der Waals surface area contributed by atoms with Gasteiger partial charge in [0.1, 0.15) is 11.2 Å². The van der Waals surface area contributed by atoms with Crippen LogP contribution in [-0.2, 0) is 14.9 Å². The number of anilines is 2. The summed E-state index contributed by atoms with van der Waals surface area (Å²) in [6, 6.07) is 14.0. The van der Waals surface area contributed by atoms with Gasteiger partial charge in [0.2, 0.25) is 5.89 Å². The highest BCUT2D eigenvalue weighted by atomic mass is 16.5. The molecule has 3 aromatic rings. The first-order valence-corrected chi connectivity index (χ1v) is 10.9. The lowest BCUT2D eigenvalue weighted by atomic mass is 9.74. The van der Waals surface area contributed by atoms with Gasteiger partial charge in [0.25, 0.3) is 0 Å². The molecule has 1 saturated carbocycles. The van der Waals surface area contributed by atoms with Gasteiger partial charge in [-0.3, -0.25) is 4.79 Å². The van der Waals surface area contributed by atoms with Crippen molar-refractivity contribution in [2.45, 2.75) is 37.5 Å². The number of oxazole rings is 1. The van der Waals surface area contributed by atoms with Crippen LogP contribution in [0.2, 0.25) is 0 Å². The number of hydrogen-bond acceptors (Lipinski definition) is 6. The molecule has 172 valence electrons. The minimum absolute atomic E-state index is 0.295. The van der Waals surface area contributed by atoms with Gasteiger partial charge in [-0.15, -0.1) is 0 Å². The van der Waals surface area contributed by atoms with Gasteiger partial charge < -0.3 is 24.5 Å². The van der Waals surface area contributed by atoms with E-state index in [2.05, 4.69) is 15.6 Å². The fourth-order valence-corrected chi connectivity index (χ4v) is 4.24. The zero-order valence-electron chi connectivity index (χ0n) is 18.7.